The van der Waals surface area contributed by atoms with Gasteiger partial charge >= 0.3 is 0 Å². The maximum absolute atomic E-state index is 4.62. The largest absolute Gasteiger partial charge is 0.314 e. The third-order valence-corrected chi connectivity index (χ3v) is 5.73. The van der Waals surface area contributed by atoms with E-state index < -0.39 is 0 Å². The molecule has 0 saturated carbocycles. The van der Waals surface area contributed by atoms with Gasteiger partial charge in [0.15, 0.2) is 0 Å². The third-order valence-electron chi connectivity index (χ3n) is 4.42. The molecule has 3 nitrogen and oxygen atoms in total. The number of rotatable bonds is 6. The Morgan fingerprint density at radius 2 is 2.30 bits per heavy atom. The highest BCUT2D eigenvalue weighted by atomic mass is 32.1. The number of hydrogen-bond donors (Lipinski definition) is 1. The number of thiazole rings is 1. The second-order valence-electron chi connectivity index (χ2n) is 6.02. The average Bonchev–Trinajstić information content (AvgIpc) is 2.94. The van der Waals surface area contributed by atoms with E-state index in [0.717, 1.165) is 18.9 Å². The second kappa shape index (κ2) is 7.53. The van der Waals surface area contributed by atoms with E-state index in [9.17, 15) is 0 Å². The summed E-state index contributed by atoms with van der Waals surface area (Å²) in [6.07, 6.45) is 5.64. The molecule has 0 aromatic carbocycles. The van der Waals surface area contributed by atoms with Crippen molar-refractivity contribution in [1.29, 1.82) is 0 Å². The lowest BCUT2D eigenvalue weighted by molar-refractivity contribution is 0.111. The fourth-order valence-electron chi connectivity index (χ4n) is 3.00. The van der Waals surface area contributed by atoms with Gasteiger partial charge in [-0.3, -0.25) is 4.90 Å². The summed E-state index contributed by atoms with van der Waals surface area (Å²) in [5, 5.41) is 4.98. The van der Waals surface area contributed by atoms with Gasteiger partial charge in [-0.25, -0.2) is 4.98 Å². The number of nitrogens with one attached hydrogen (secondary N) is 1. The van der Waals surface area contributed by atoms with Crippen LogP contribution in [0.15, 0.2) is 6.20 Å². The lowest BCUT2D eigenvalue weighted by atomic mass is 9.93. The van der Waals surface area contributed by atoms with Crippen LogP contribution < -0.4 is 5.32 Å². The number of likely N-dealkylation sites (tertiary alicyclic amines) is 1. The van der Waals surface area contributed by atoms with E-state index in [1.165, 1.54) is 35.8 Å². The van der Waals surface area contributed by atoms with Crippen LogP contribution in [-0.2, 0) is 6.42 Å². The van der Waals surface area contributed by atoms with Crippen molar-refractivity contribution in [2.75, 3.05) is 19.6 Å². The van der Waals surface area contributed by atoms with E-state index >= 15 is 0 Å². The van der Waals surface area contributed by atoms with E-state index in [4.69, 9.17) is 0 Å². The van der Waals surface area contributed by atoms with Gasteiger partial charge < -0.3 is 5.32 Å². The summed E-state index contributed by atoms with van der Waals surface area (Å²) < 4.78 is 0. The van der Waals surface area contributed by atoms with Crippen molar-refractivity contribution in [1.82, 2.24) is 15.2 Å². The first-order valence-electron chi connectivity index (χ1n) is 8.07. The lowest BCUT2D eigenvalue weighted by Gasteiger charge is -2.39. The van der Waals surface area contributed by atoms with Crippen LogP contribution in [0, 0.1) is 5.92 Å². The van der Waals surface area contributed by atoms with Crippen LogP contribution in [0.25, 0.3) is 0 Å². The highest BCUT2D eigenvalue weighted by Crippen LogP contribution is 2.29. The molecule has 1 aromatic heterocycles. The molecule has 0 aliphatic carbocycles. The molecule has 3 unspecified atom stereocenters. The summed E-state index contributed by atoms with van der Waals surface area (Å²) in [7, 11) is 0. The Kier molecular flexibility index (Phi) is 6.00. The smallest absolute Gasteiger partial charge is 0.110 e. The summed E-state index contributed by atoms with van der Waals surface area (Å²) in [5.74, 6) is 0.725. The molecule has 1 aromatic rings. The van der Waals surface area contributed by atoms with Crippen molar-refractivity contribution >= 4 is 11.3 Å². The molecular weight excluding hydrogens is 266 g/mol. The van der Waals surface area contributed by atoms with Crippen LogP contribution in [0.1, 0.15) is 56.5 Å². The van der Waals surface area contributed by atoms with Gasteiger partial charge in [-0.15, -0.1) is 11.3 Å². The Bertz CT molecular complexity index is 404. The Hall–Kier alpha value is -0.450. The molecule has 0 spiro atoms. The first-order chi connectivity index (χ1) is 9.65. The van der Waals surface area contributed by atoms with Gasteiger partial charge in [0.05, 0.1) is 6.04 Å². The fourth-order valence-corrected chi connectivity index (χ4v) is 3.94. The zero-order chi connectivity index (χ0) is 14.5. The van der Waals surface area contributed by atoms with E-state index in [1.807, 2.05) is 11.3 Å². The Morgan fingerprint density at radius 3 is 2.90 bits per heavy atom. The van der Waals surface area contributed by atoms with Gasteiger partial charge in [-0.1, -0.05) is 20.8 Å². The molecule has 1 aliphatic heterocycles. The first-order valence-corrected chi connectivity index (χ1v) is 8.89. The van der Waals surface area contributed by atoms with Crippen LogP contribution in [-0.4, -0.2) is 35.6 Å². The summed E-state index contributed by atoms with van der Waals surface area (Å²) in [5.41, 5.74) is 0. The fraction of sp³-hybridized carbons (Fsp3) is 0.812. The van der Waals surface area contributed by atoms with E-state index in [-0.39, 0.29) is 0 Å². The minimum Gasteiger partial charge on any atom is -0.314 e. The van der Waals surface area contributed by atoms with Crippen molar-refractivity contribution in [3.63, 3.8) is 0 Å². The number of piperidine rings is 1. The Balaban J connectivity index is 1.91. The van der Waals surface area contributed by atoms with Crippen LogP contribution in [0.2, 0.25) is 0 Å². The van der Waals surface area contributed by atoms with Crippen LogP contribution >= 0.6 is 11.3 Å². The second-order valence-corrected chi connectivity index (χ2v) is 7.16. The van der Waals surface area contributed by atoms with Crippen molar-refractivity contribution in [2.24, 2.45) is 5.92 Å². The molecular formula is C16H29N3S. The van der Waals surface area contributed by atoms with Gasteiger partial charge in [0.1, 0.15) is 5.01 Å². The van der Waals surface area contributed by atoms with Gasteiger partial charge in [0, 0.05) is 30.2 Å². The summed E-state index contributed by atoms with van der Waals surface area (Å²) in [4.78, 5) is 8.62. The molecule has 0 amide bonds. The highest BCUT2D eigenvalue weighted by Gasteiger charge is 2.29. The topological polar surface area (TPSA) is 28.2 Å². The Morgan fingerprint density at radius 1 is 1.50 bits per heavy atom. The zero-order valence-electron chi connectivity index (χ0n) is 13.4. The van der Waals surface area contributed by atoms with Crippen molar-refractivity contribution < 1.29 is 0 Å². The number of hydrogen-bond acceptors (Lipinski definition) is 4. The summed E-state index contributed by atoms with van der Waals surface area (Å²) >= 11 is 1.88. The van der Waals surface area contributed by atoms with Crippen LogP contribution in [0.3, 0.4) is 0 Å². The van der Waals surface area contributed by atoms with E-state index in [1.54, 1.807) is 0 Å². The van der Waals surface area contributed by atoms with E-state index in [2.05, 4.69) is 49.1 Å². The number of nitrogens with zero attached hydrogens (tertiary/aromatic N) is 2. The monoisotopic (exact) mass is 295 g/mol. The predicted octanol–water partition coefficient (Wildman–Crippen LogP) is 3.48. The molecule has 1 N–H and O–H groups in total. The minimum atomic E-state index is 0.467. The number of aryl methyl sites for hydroxylation is 1. The van der Waals surface area contributed by atoms with Crippen molar-refractivity contribution in [3.05, 3.63) is 16.1 Å². The molecule has 20 heavy (non-hydrogen) atoms. The van der Waals surface area contributed by atoms with Gasteiger partial charge in [-0.2, -0.15) is 0 Å². The van der Waals surface area contributed by atoms with Gasteiger partial charge in [0.2, 0.25) is 0 Å². The average molecular weight is 295 g/mol. The molecule has 3 atom stereocenters. The third kappa shape index (κ3) is 3.80. The Labute approximate surface area is 127 Å². The van der Waals surface area contributed by atoms with Crippen molar-refractivity contribution in [2.45, 2.75) is 59.0 Å². The molecule has 2 heterocycles. The molecule has 1 aliphatic rings. The van der Waals surface area contributed by atoms with Gasteiger partial charge in [-0.05, 0) is 38.6 Å². The summed E-state index contributed by atoms with van der Waals surface area (Å²) in [6.45, 7) is 12.7. The molecule has 0 radical (unpaired) electrons. The van der Waals surface area contributed by atoms with Crippen LogP contribution in [0.5, 0.6) is 0 Å². The maximum Gasteiger partial charge on any atom is 0.110 e. The predicted molar refractivity (Wildman–Crippen MR) is 87.3 cm³/mol. The lowest BCUT2D eigenvalue weighted by Crippen LogP contribution is -2.49. The van der Waals surface area contributed by atoms with Crippen LogP contribution in [0.4, 0.5) is 0 Å². The van der Waals surface area contributed by atoms with Crippen molar-refractivity contribution in [3.8, 4) is 0 Å². The summed E-state index contributed by atoms with van der Waals surface area (Å²) in [6, 6.07) is 1.16. The zero-order valence-corrected chi connectivity index (χ0v) is 14.2. The van der Waals surface area contributed by atoms with E-state index in [0.29, 0.717) is 12.1 Å². The first kappa shape index (κ1) is 15.9. The minimum absolute atomic E-state index is 0.467. The SMILES string of the molecule is CCCNC1CCN(C(C)c2ncc(CC)s2)CC1C. The molecule has 114 valence electrons. The molecule has 4 heteroatoms. The quantitative estimate of drug-likeness (QED) is 0.871. The maximum atomic E-state index is 4.62. The number of aromatic nitrogens is 1. The molecule has 0 bridgehead atoms. The standard InChI is InChI=1S/C16H29N3S/c1-5-8-17-15-7-9-19(11-12(15)3)13(4)16-18-10-14(6-2)20-16/h10,12-13,15,17H,5-9,11H2,1-4H3. The molecule has 1 saturated heterocycles. The molecule has 1 fully saturated rings. The molecule has 2 rings (SSSR count). The van der Waals surface area contributed by atoms with Gasteiger partial charge in [0.25, 0.3) is 0 Å². The highest BCUT2D eigenvalue weighted by molar-refractivity contribution is 7.11. The normalized spacial score (nSPS) is 25.8.